The minimum Gasteiger partial charge on any atom is -0.478 e. The van der Waals surface area contributed by atoms with E-state index >= 15 is 0 Å². The minimum atomic E-state index is -1.12. The summed E-state index contributed by atoms with van der Waals surface area (Å²) in [4.78, 5) is 24.0. The van der Waals surface area contributed by atoms with Gasteiger partial charge in [-0.2, -0.15) is 5.21 Å². The van der Waals surface area contributed by atoms with Crippen LogP contribution in [-0.4, -0.2) is 36.3 Å². The van der Waals surface area contributed by atoms with Gasteiger partial charge in [0.25, 0.3) is 5.56 Å². The molecule has 0 radical (unpaired) electrons. The van der Waals surface area contributed by atoms with Crippen LogP contribution < -0.4 is 5.56 Å². The minimum absolute atomic E-state index is 0.00204. The third-order valence-electron chi connectivity index (χ3n) is 5.44. The van der Waals surface area contributed by atoms with E-state index in [1.165, 1.54) is 6.07 Å². The monoisotopic (exact) mass is 447 g/mol. The molecular weight excluding hydrogens is 425 g/mol. The van der Waals surface area contributed by atoms with E-state index in [-0.39, 0.29) is 22.5 Å². The van der Waals surface area contributed by atoms with Crippen molar-refractivity contribution in [1.29, 1.82) is 0 Å². The van der Waals surface area contributed by atoms with Crippen molar-refractivity contribution >= 4 is 5.97 Å². The lowest BCUT2D eigenvalue weighted by Crippen LogP contribution is -2.25. The van der Waals surface area contributed by atoms with Crippen LogP contribution in [0.5, 0.6) is 0 Å². The first-order chi connectivity index (χ1) is 16.0. The molecule has 33 heavy (non-hydrogen) atoms. The number of H-pyrrole nitrogens is 1. The lowest BCUT2D eigenvalue weighted by atomic mass is 9.97. The van der Waals surface area contributed by atoms with Crippen molar-refractivity contribution in [2.24, 2.45) is 0 Å². The van der Waals surface area contributed by atoms with Crippen molar-refractivity contribution in [2.75, 3.05) is 0 Å². The highest BCUT2D eigenvalue weighted by Gasteiger charge is 2.16. The Labute approximate surface area is 188 Å². The maximum absolute atomic E-state index is 14.5. The van der Waals surface area contributed by atoms with Crippen LogP contribution in [0.15, 0.2) is 59.4 Å². The Morgan fingerprint density at radius 1 is 1.15 bits per heavy atom. The number of aromatic carboxylic acids is 1. The largest absolute Gasteiger partial charge is 0.478 e. The van der Waals surface area contributed by atoms with Crippen molar-refractivity contribution in [3.63, 3.8) is 0 Å². The van der Waals surface area contributed by atoms with E-state index < -0.39 is 11.8 Å². The van der Waals surface area contributed by atoms with Crippen LogP contribution in [0, 0.1) is 5.82 Å². The zero-order valence-electron chi connectivity index (χ0n) is 18.0. The lowest BCUT2D eigenvalue weighted by molar-refractivity contribution is 0.0696. The topological polar surface area (TPSA) is 114 Å². The SMILES string of the molecule is CCCCc1cc(C(=O)O)cc(=O)n1Cc1ccc(-c2cccc(F)c2-c2nn[nH]n2)cc1. The molecule has 0 unspecified atom stereocenters. The van der Waals surface area contributed by atoms with Gasteiger partial charge in [0.15, 0.2) is 0 Å². The average Bonchev–Trinajstić information content (AvgIpc) is 3.34. The number of tetrazole rings is 1. The van der Waals surface area contributed by atoms with Gasteiger partial charge in [-0.15, -0.1) is 10.2 Å². The Kier molecular flexibility index (Phi) is 6.39. The number of aryl methyl sites for hydroxylation is 1. The number of carboxylic acid groups (broad SMARTS) is 1. The van der Waals surface area contributed by atoms with Crippen molar-refractivity contribution in [3.8, 4) is 22.5 Å². The second kappa shape index (κ2) is 9.56. The normalized spacial score (nSPS) is 11.0. The quantitative estimate of drug-likeness (QED) is 0.423. The van der Waals surface area contributed by atoms with Crippen LogP contribution in [0.4, 0.5) is 4.39 Å². The summed E-state index contributed by atoms with van der Waals surface area (Å²) in [6, 6.07) is 14.9. The molecule has 2 aromatic heterocycles. The first-order valence-corrected chi connectivity index (χ1v) is 10.6. The van der Waals surface area contributed by atoms with Crippen LogP contribution in [-0.2, 0) is 13.0 Å². The highest BCUT2D eigenvalue weighted by molar-refractivity contribution is 5.87. The van der Waals surface area contributed by atoms with Gasteiger partial charge < -0.3 is 9.67 Å². The molecule has 2 N–H and O–H groups in total. The van der Waals surface area contributed by atoms with E-state index in [1.807, 2.05) is 31.2 Å². The zero-order valence-corrected chi connectivity index (χ0v) is 18.0. The molecule has 0 bridgehead atoms. The summed E-state index contributed by atoms with van der Waals surface area (Å²) in [6.45, 7) is 2.34. The Morgan fingerprint density at radius 2 is 1.94 bits per heavy atom. The molecule has 0 saturated heterocycles. The number of nitrogens with zero attached hydrogens (tertiary/aromatic N) is 4. The number of aromatic amines is 1. The van der Waals surface area contributed by atoms with E-state index in [0.717, 1.165) is 30.0 Å². The molecule has 0 aliphatic heterocycles. The smallest absolute Gasteiger partial charge is 0.335 e. The van der Waals surface area contributed by atoms with Gasteiger partial charge in [0.2, 0.25) is 5.82 Å². The molecule has 2 heterocycles. The predicted octanol–water partition coefficient (Wildman–Crippen LogP) is 3.92. The summed E-state index contributed by atoms with van der Waals surface area (Å²) >= 11 is 0. The molecule has 2 aromatic carbocycles. The summed E-state index contributed by atoms with van der Waals surface area (Å²) < 4.78 is 16.1. The van der Waals surface area contributed by atoms with Crippen LogP contribution in [0.25, 0.3) is 22.5 Å². The number of hydrogen-bond donors (Lipinski definition) is 2. The van der Waals surface area contributed by atoms with Gasteiger partial charge in [-0.25, -0.2) is 9.18 Å². The van der Waals surface area contributed by atoms with Crippen LogP contribution in [0.2, 0.25) is 0 Å². The third-order valence-corrected chi connectivity index (χ3v) is 5.44. The van der Waals surface area contributed by atoms with E-state index in [0.29, 0.717) is 24.2 Å². The maximum Gasteiger partial charge on any atom is 0.335 e. The summed E-state index contributed by atoms with van der Waals surface area (Å²) in [6.07, 6.45) is 2.39. The number of aromatic nitrogens is 5. The summed E-state index contributed by atoms with van der Waals surface area (Å²) in [5, 5.41) is 23.0. The van der Waals surface area contributed by atoms with Gasteiger partial charge in [0.05, 0.1) is 17.7 Å². The number of nitrogens with one attached hydrogen (secondary N) is 1. The zero-order chi connectivity index (χ0) is 23.4. The number of halogens is 1. The molecule has 0 aliphatic rings. The van der Waals surface area contributed by atoms with E-state index in [2.05, 4.69) is 20.6 Å². The fraction of sp³-hybridized carbons (Fsp3) is 0.208. The number of unbranched alkanes of at least 4 members (excludes halogenated alkanes) is 1. The number of carbonyl (C=O) groups is 1. The van der Waals surface area contributed by atoms with Crippen molar-refractivity contribution in [2.45, 2.75) is 32.7 Å². The average molecular weight is 447 g/mol. The number of rotatable bonds is 8. The Balaban J connectivity index is 1.67. The van der Waals surface area contributed by atoms with E-state index in [4.69, 9.17) is 0 Å². The van der Waals surface area contributed by atoms with Gasteiger partial charge in [-0.1, -0.05) is 49.7 Å². The fourth-order valence-electron chi connectivity index (χ4n) is 3.75. The molecule has 8 nitrogen and oxygen atoms in total. The molecule has 0 aliphatic carbocycles. The first kappa shape index (κ1) is 22.1. The number of benzene rings is 2. The molecule has 0 fully saturated rings. The number of carboxylic acids is 1. The van der Waals surface area contributed by atoms with E-state index in [9.17, 15) is 19.1 Å². The van der Waals surface area contributed by atoms with Gasteiger partial charge in [-0.3, -0.25) is 4.79 Å². The molecule has 0 spiro atoms. The molecule has 0 amide bonds. The second-order valence-corrected chi connectivity index (χ2v) is 7.66. The predicted molar refractivity (Wildman–Crippen MR) is 120 cm³/mol. The Bertz CT molecular complexity index is 1330. The molecule has 4 aromatic rings. The summed E-state index contributed by atoms with van der Waals surface area (Å²) in [7, 11) is 0. The second-order valence-electron chi connectivity index (χ2n) is 7.66. The molecule has 168 valence electrons. The van der Waals surface area contributed by atoms with Gasteiger partial charge in [-0.05, 0) is 46.9 Å². The van der Waals surface area contributed by atoms with Gasteiger partial charge in [0.1, 0.15) is 5.82 Å². The lowest BCUT2D eigenvalue weighted by Gasteiger charge is -2.14. The highest BCUT2D eigenvalue weighted by atomic mass is 19.1. The summed E-state index contributed by atoms with van der Waals surface area (Å²) in [5.41, 5.74) is 2.83. The van der Waals surface area contributed by atoms with Crippen LogP contribution in [0.1, 0.15) is 41.4 Å². The highest BCUT2D eigenvalue weighted by Crippen LogP contribution is 2.32. The Morgan fingerprint density at radius 3 is 2.61 bits per heavy atom. The standard InChI is InChI=1S/C24H22FN5O3/c1-2-3-5-18-12-17(24(32)33)13-21(31)30(18)14-15-8-10-16(11-9-15)19-6-4-7-20(25)22(19)23-26-28-29-27-23/h4,6-13H,2-3,5,14H2,1H3,(H,32,33)(H,26,27,28,29). The van der Waals surface area contributed by atoms with Gasteiger partial charge >= 0.3 is 5.97 Å². The van der Waals surface area contributed by atoms with Crippen molar-refractivity contribution in [1.82, 2.24) is 25.2 Å². The van der Waals surface area contributed by atoms with Crippen molar-refractivity contribution in [3.05, 3.63) is 87.6 Å². The Hall–Kier alpha value is -4.14. The fourth-order valence-corrected chi connectivity index (χ4v) is 3.75. The van der Waals surface area contributed by atoms with E-state index in [1.54, 1.807) is 22.8 Å². The summed E-state index contributed by atoms with van der Waals surface area (Å²) in [5.74, 6) is -1.41. The maximum atomic E-state index is 14.5. The molecule has 9 heteroatoms. The third kappa shape index (κ3) is 4.72. The van der Waals surface area contributed by atoms with Crippen LogP contribution in [0.3, 0.4) is 0 Å². The van der Waals surface area contributed by atoms with Crippen molar-refractivity contribution < 1.29 is 14.3 Å². The van der Waals surface area contributed by atoms with Gasteiger partial charge in [0, 0.05) is 11.8 Å². The number of hydrogen-bond acceptors (Lipinski definition) is 5. The van der Waals surface area contributed by atoms with Crippen LogP contribution >= 0.6 is 0 Å². The number of pyridine rings is 1. The molecular formula is C24H22FN5O3. The molecule has 0 saturated carbocycles. The molecule has 0 atom stereocenters. The first-order valence-electron chi connectivity index (χ1n) is 10.6. The molecule has 4 rings (SSSR count).